The van der Waals surface area contributed by atoms with Crippen LogP contribution in [-0.4, -0.2) is 0 Å². The fourth-order valence-corrected chi connectivity index (χ4v) is 4.55. The summed E-state index contributed by atoms with van der Waals surface area (Å²) in [6.45, 7) is 0. The van der Waals surface area contributed by atoms with Gasteiger partial charge in [0, 0.05) is 25.5 Å². The van der Waals surface area contributed by atoms with Crippen molar-refractivity contribution in [3.8, 4) is 0 Å². The van der Waals surface area contributed by atoms with Gasteiger partial charge in [0.05, 0.1) is 10.4 Å². The lowest BCUT2D eigenvalue weighted by atomic mass is 10.2. The number of rotatable bonds is 4. The number of halogens is 3. The summed E-state index contributed by atoms with van der Waals surface area (Å²) in [6.07, 6.45) is 0. The van der Waals surface area contributed by atoms with E-state index in [-0.39, 0.29) is 6.04 Å². The second-order valence-corrected chi connectivity index (χ2v) is 7.99. The molecule has 2 heterocycles. The van der Waals surface area contributed by atoms with Crippen LogP contribution < -0.4 is 5.32 Å². The Hall–Kier alpha value is -0.710. The quantitative estimate of drug-likeness (QED) is 0.520. The molecule has 0 aliphatic carbocycles. The van der Waals surface area contributed by atoms with E-state index in [9.17, 15) is 0 Å². The average molecular weight is 375 g/mol. The molecule has 3 rings (SSSR count). The molecule has 1 aromatic carbocycles. The average Bonchev–Trinajstić information content (AvgIpc) is 3.06. The first-order chi connectivity index (χ1) is 10.1. The molecule has 0 spiro atoms. The third kappa shape index (κ3) is 3.74. The van der Waals surface area contributed by atoms with E-state index in [1.54, 1.807) is 28.7 Å². The monoisotopic (exact) mass is 373 g/mol. The number of hydrogen-bond donors (Lipinski definition) is 1. The Balaban J connectivity index is 1.96. The summed E-state index contributed by atoms with van der Waals surface area (Å²) in [5.41, 5.74) is 0.885. The van der Waals surface area contributed by atoms with Crippen LogP contribution in [0.25, 0.3) is 0 Å². The minimum absolute atomic E-state index is 0.0389. The van der Waals surface area contributed by atoms with Crippen molar-refractivity contribution < 1.29 is 0 Å². The SMILES string of the molecule is Clc1cc(Cl)cc(NC(c2cccs2)c2ccc(Cl)s2)c1. The Morgan fingerprint density at radius 1 is 0.905 bits per heavy atom. The molecule has 0 bridgehead atoms. The van der Waals surface area contributed by atoms with Crippen molar-refractivity contribution in [2.24, 2.45) is 0 Å². The van der Waals surface area contributed by atoms with Crippen LogP contribution in [-0.2, 0) is 0 Å². The van der Waals surface area contributed by atoms with Gasteiger partial charge in [-0.25, -0.2) is 0 Å². The molecule has 1 N–H and O–H groups in total. The number of nitrogens with one attached hydrogen (secondary N) is 1. The van der Waals surface area contributed by atoms with Gasteiger partial charge in [0.15, 0.2) is 0 Å². The van der Waals surface area contributed by atoms with E-state index in [0.717, 1.165) is 14.9 Å². The number of anilines is 1. The first-order valence-corrected chi connectivity index (χ1v) is 8.96. The maximum Gasteiger partial charge on any atom is 0.0954 e. The van der Waals surface area contributed by atoms with E-state index in [0.29, 0.717) is 10.0 Å². The fourth-order valence-electron chi connectivity index (χ4n) is 2.03. The third-order valence-electron chi connectivity index (χ3n) is 2.88. The molecule has 1 atom stereocenters. The number of hydrogen-bond acceptors (Lipinski definition) is 3. The standard InChI is InChI=1S/C15H10Cl3NS2/c16-9-6-10(17)8-11(7-9)19-15(12-2-1-5-20-12)13-3-4-14(18)21-13/h1-8,15,19H. The second-order valence-electron chi connectivity index (χ2n) is 4.39. The molecule has 0 aliphatic heterocycles. The summed E-state index contributed by atoms with van der Waals surface area (Å²) in [5, 5.41) is 6.77. The highest BCUT2D eigenvalue weighted by atomic mass is 35.5. The second kappa shape index (κ2) is 6.59. The molecule has 0 aliphatic rings. The highest BCUT2D eigenvalue weighted by molar-refractivity contribution is 7.16. The van der Waals surface area contributed by atoms with Crippen LogP contribution in [0, 0.1) is 0 Å². The van der Waals surface area contributed by atoms with Crippen molar-refractivity contribution in [1.82, 2.24) is 0 Å². The maximum absolute atomic E-state index is 6.07. The van der Waals surface area contributed by atoms with Gasteiger partial charge in [0.1, 0.15) is 0 Å². The lowest BCUT2D eigenvalue weighted by Gasteiger charge is -2.18. The van der Waals surface area contributed by atoms with Gasteiger partial charge in [-0.1, -0.05) is 40.9 Å². The molecule has 0 saturated carbocycles. The van der Waals surface area contributed by atoms with Gasteiger partial charge in [-0.3, -0.25) is 0 Å². The zero-order valence-corrected chi connectivity index (χ0v) is 14.5. The predicted molar refractivity (Wildman–Crippen MR) is 95.6 cm³/mol. The van der Waals surface area contributed by atoms with Gasteiger partial charge in [0.25, 0.3) is 0 Å². The zero-order chi connectivity index (χ0) is 14.8. The molecule has 2 aromatic heterocycles. The first kappa shape index (κ1) is 15.2. The molecular formula is C15H10Cl3NS2. The molecule has 1 nitrogen and oxygen atoms in total. The molecule has 0 saturated heterocycles. The third-order valence-corrected chi connectivity index (χ3v) is 5.55. The van der Waals surface area contributed by atoms with Gasteiger partial charge in [-0.15, -0.1) is 22.7 Å². The number of thiophene rings is 2. The van der Waals surface area contributed by atoms with Crippen molar-refractivity contribution in [3.05, 3.63) is 72.0 Å². The van der Waals surface area contributed by atoms with Crippen molar-refractivity contribution in [2.45, 2.75) is 6.04 Å². The molecule has 21 heavy (non-hydrogen) atoms. The summed E-state index contributed by atoms with van der Waals surface area (Å²) < 4.78 is 0.775. The van der Waals surface area contributed by atoms with E-state index in [1.165, 1.54) is 4.88 Å². The van der Waals surface area contributed by atoms with E-state index >= 15 is 0 Å². The summed E-state index contributed by atoms with van der Waals surface area (Å²) in [5.74, 6) is 0. The van der Waals surface area contributed by atoms with Gasteiger partial charge in [0.2, 0.25) is 0 Å². The van der Waals surface area contributed by atoms with E-state index in [4.69, 9.17) is 34.8 Å². The van der Waals surface area contributed by atoms with Crippen molar-refractivity contribution in [1.29, 1.82) is 0 Å². The predicted octanol–water partition coefficient (Wildman–Crippen LogP) is 6.97. The highest BCUT2D eigenvalue weighted by Crippen LogP contribution is 2.36. The molecule has 3 aromatic rings. The fraction of sp³-hybridized carbons (Fsp3) is 0.0667. The maximum atomic E-state index is 6.07. The van der Waals surface area contributed by atoms with Crippen molar-refractivity contribution in [3.63, 3.8) is 0 Å². The molecule has 0 amide bonds. The molecule has 1 unspecified atom stereocenters. The summed E-state index contributed by atoms with van der Waals surface area (Å²) in [6, 6.07) is 13.6. The van der Waals surface area contributed by atoms with Crippen molar-refractivity contribution in [2.75, 3.05) is 5.32 Å². The van der Waals surface area contributed by atoms with Gasteiger partial charge < -0.3 is 5.32 Å². The van der Waals surface area contributed by atoms with Crippen LogP contribution in [0.1, 0.15) is 15.8 Å². The topological polar surface area (TPSA) is 12.0 Å². The Kier molecular flexibility index (Phi) is 4.77. The molecular weight excluding hydrogens is 365 g/mol. The van der Waals surface area contributed by atoms with Gasteiger partial charge >= 0.3 is 0 Å². The molecule has 0 fully saturated rings. The Bertz CT molecular complexity index is 717. The van der Waals surface area contributed by atoms with Gasteiger partial charge in [-0.2, -0.15) is 0 Å². The zero-order valence-electron chi connectivity index (χ0n) is 10.6. The van der Waals surface area contributed by atoms with E-state index < -0.39 is 0 Å². The summed E-state index contributed by atoms with van der Waals surface area (Å²) in [7, 11) is 0. The first-order valence-electron chi connectivity index (χ1n) is 6.13. The van der Waals surface area contributed by atoms with Crippen LogP contribution in [0.2, 0.25) is 14.4 Å². The normalized spacial score (nSPS) is 12.3. The van der Waals surface area contributed by atoms with Crippen LogP contribution in [0.3, 0.4) is 0 Å². The lowest BCUT2D eigenvalue weighted by Crippen LogP contribution is -2.09. The lowest BCUT2D eigenvalue weighted by molar-refractivity contribution is 0.993. The smallest absolute Gasteiger partial charge is 0.0954 e. The van der Waals surface area contributed by atoms with Crippen LogP contribution in [0.5, 0.6) is 0 Å². The Morgan fingerprint density at radius 3 is 2.24 bits per heavy atom. The van der Waals surface area contributed by atoms with Crippen LogP contribution >= 0.6 is 57.5 Å². The Morgan fingerprint density at radius 2 is 1.67 bits per heavy atom. The largest absolute Gasteiger partial charge is 0.373 e. The van der Waals surface area contributed by atoms with Crippen LogP contribution in [0.15, 0.2) is 47.8 Å². The molecule has 6 heteroatoms. The summed E-state index contributed by atoms with van der Waals surface area (Å²) >= 11 is 21.5. The summed E-state index contributed by atoms with van der Waals surface area (Å²) in [4.78, 5) is 2.36. The number of benzene rings is 1. The minimum Gasteiger partial charge on any atom is -0.373 e. The van der Waals surface area contributed by atoms with E-state index in [2.05, 4.69) is 16.8 Å². The molecule has 0 radical (unpaired) electrons. The highest BCUT2D eigenvalue weighted by Gasteiger charge is 2.17. The molecule has 108 valence electrons. The van der Waals surface area contributed by atoms with E-state index in [1.807, 2.05) is 30.3 Å². The van der Waals surface area contributed by atoms with Crippen LogP contribution in [0.4, 0.5) is 5.69 Å². The van der Waals surface area contributed by atoms with Gasteiger partial charge in [-0.05, 0) is 41.8 Å². The Labute approximate surface area is 146 Å². The minimum atomic E-state index is 0.0389. The van der Waals surface area contributed by atoms with Crippen molar-refractivity contribution >= 4 is 63.2 Å².